The van der Waals surface area contributed by atoms with E-state index in [1.165, 1.54) is 0 Å². The first-order valence-corrected chi connectivity index (χ1v) is 8.81. The first-order chi connectivity index (χ1) is 6.83. The molecule has 14 heavy (non-hydrogen) atoms. The van der Waals surface area contributed by atoms with E-state index in [1.54, 1.807) is 0 Å². The lowest BCUT2D eigenvalue weighted by molar-refractivity contribution is 0.633. The number of para-hydroxylation sites is 1. The summed E-state index contributed by atoms with van der Waals surface area (Å²) in [4.78, 5) is 0. The van der Waals surface area contributed by atoms with Crippen LogP contribution in [-0.2, 0) is 11.8 Å². The Hall–Kier alpha value is 0.370. The van der Waals surface area contributed by atoms with Gasteiger partial charge in [0.1, 0.15) is 12.7 Å². The molecule has 0 fully saturated rings. The Balaban J connectivity index is 2.27. The van der Waals surface area contributed by atoms with Gasteiger partial charge in [0.15, 0.2) is 0 Å². The first kappa shape index (κ1) is 12.4. The largest absolute Gasteiger partial charge is 0.469 e. The van der Waals surface area contributed by atoms with E-state index in [0.717, 1.165) is 22.7 Å². The Morgan fingerprint density at radius 1 is 1.36 bits per heavy atom. The van der Waals surface area contributed by atoms with E-state index in [4.69, 9.17) is 16.3 Å². The van der Waals surface area contributed by atoms with Crippen molar-refractivity contribution in [3.8, 4) is 5.75 Å². The van der Waals surface area contributed by atoms with Crippen LogP contribution in [0.5, 0.6) is 5.75 Å². The van der Waals surface area contributed by atoms with Crippen LogP contribution >= 0.6 is 31.3 Å². The Kier molecular flexibility index (Phi) is 6.78. The van der Waals surface area contributed by atoms with E-state index in [2.05, 4.69) is 12.6 Å². The van der Waals surface area contributed by atoms with Crippen molar-refractivity contribution in [1.82, 2.24) is 0 Å². The standard InChI is InChI=1S/C9H13OPS3/c12-6-7-14-8-11(13)10-9-4-2-1-3-5-9/h1-5,11-12H,6-8H2. The molecule has 1 nitrogen and oxygen atoms in total. The molecule has 0 spiro atoms. The molecule has 1 unspecified atom stereocenters. The van der Waals surface area contributed by atoms with Gasteiger partial charge < -0.3 is 4.52 Å². The Labute approximate surface area is 101 Å². The van der Waals surface area contributed by atoms with Gasteiger partial charge in [-0.15, -0.1) is 0 Å². The van der Waals surface area contributed by atoms with Crippen LogP contribution in [0, 0.1) is 0 Å². The van der Waals surface area contributed by atoms with Crippen molar-refractivity contribution >= 4 is 43.1 Å². The summed E-state index contributed by atoms with van der Waals surface area (Å²) in [6.45, 7) is -1.10. The maximum atomic E-state index is 5.63. The second kappa shape index (κ2) is 7.63. The molecule has 78 valence electrons. The molecule has 0 heterocycles. The highest BCUT2D eigenvalue weighted by Gasteiger charge is 1.97. The van der Waals surface area contributed by atoms with Gasteiger partial charge in [0.2, 0.25) is 0 Å². The second-order valence-electron chi connectivity index (χ2n) is 2.56. The molecule has 0 aliphatic carbocycles. The summed E-state index contributed by atoms with van der Waals surface area (Å²) in [5.74, 6) is 2.84. The Morgan fingerprint density at radius 2 is 2.07 bits per heavy atom. The SMILES string of the molecule is S=[PH](CSCCS)Oc1ccccc1. The molecule has 0 saturated carbocycles. The molecule has 1 aromatic rings. The summed E-state index contributed by atoms with van der Waals surface area (Å²) in [6.07, 6.45) is 0. The maximum Gasteiger partial charge on any atom is 0.123 e. The minimum absolute atomic E-state index is 0.892. The van der Waals surface area contributed by atoms with E-state index in [-0.39, 0.29) is 0 Å². The summed E-state index contributed by atoms with van der Waals surface area (Å²) in [5, 5.41) is 0. The average Bonchev–Trinajstić information content (AvgIpc) is 2.20. The van der Waals surface area contributed by atoms with Crippen molar-refractivity contribution in [1.29, 1.82) is 0 Å². The molecule has 1 aromatic carbocycles. The van der Waals surface area contributed by atoms with Gasteiger partial charge in [-0.1, -0.05) is 30.0 Å². The lowest BCUT2D eigenvalue weighted by atomic mass is 10.3. The van der Waals surface area contributed by atoms with Crippen LogP contribution in [0.25, 0.3) is 0 Å². The fourth-order valence-corrected chi connectivity index (χ4v) is 4.30. The van der Waals surface area contributed by atoms with Gasteiger partial charge in [-0.2, -0.15) is 24.4 Å². The van der Waals surface area contributed by atoms with Crippen LogP contribution in [-0.4, -0.2) is 17.0 Å². The summed E-state index contributed by atoms with van der Waals surface area (Å²) in [5.41, 5.74) is 0.940. The second-order valence-corrected chi connectivity index (χ2v) is 7.30. The number of thiol groups is 1. The van der Waals surface area contributed by atoms with Crippen molar-refractivity contribution < 1.29 is 4.52 Å². The molecule has 0 N–H and O–H groups in total. The fourth-order valence-electron chi connectivity index (χ4n) is 0.869. The third-order valence-electron chi connectivity index (χ3n) is 1.43. The van der Waals surface area contributed by atoms with Gasteiger partial charge in [-0.05, 0) is 17.9 Å². The van der Waals surface area contributed by atoms with Crippen LogP contribution in [0.3, 0.4) is 0 Å². The van der Waals surface area contributed by atoms with Crippen molar-refractivity contribution in [3.05, 3.63) is 30.3 Å². The minimum atomic E-state index is -1.10. The minimum Gasteiger partial charge on any atom is -0.469 e. The first-order valence-electron chi connectivity index (χ1n) is 4.27. The van der Waals surface area contributed by atoms with Crippen molar-refractivity contribution in [2.24, 2.45) is 0 Å². The van der Waals surface area contributed by atoms with Gasteiger partial charge in [0.05, 0.1) is 5.49 Å². The molecule has 5 heteroatoms. The molecule has 0 radical (unpaired) electrons. The monoisotopic (exact) mass is 264 g/mol. The van der Waals surface area contributed by atoms with Crippen molar-refractivity contribution in [3.63, 3.8) is 0 Å². The molecule has 1 rings (SSSR count). The molecule has 1 atom stereocenters. The molecular formula is C9H13OPS3. The van der Waals surface area contributed by atoms with Gasteiger partial charge in [-0.25, -0.2) is 0 Å². The highest BCUT2D eigenvalue weighted by atomic mass is 32.4. The number of hydrogen-bond donors (Lipinski definition) is 1. The average molecular weight is 264 g/mol. The predicted octanol–water partition coefficient (Wildman–Crippen LogP) is 3.28. The quantitative estimate of drug-likeness (QED) is 0.480. The topological polar surface area (TPSA) is 9.23 Å². The molecule has 0 aliphatic rings. The van der Waals surface area contributed by atoms with Gasteiger partial charge in [0.25, 0.3) is 0 Å². The maximum absolute atomic E-state index is 5.63. The van der Waals surface area contributed by atoms with Crippen LogP contribution in [0.4, 0.5) is 0 Å². The van der Waals surface area contributed by atoms with Crippen molar-refractivity contribution in [2.45, 2.75) is 0 Å². The molecule has 0 aliphatic heterocycles. The molecule has 0 amide bonds. The lowest BCUT2D eigenvalue weighted by Gasteiger charge is -2.07. The van der Waals surface area contributed by atoms with E-state index < -0.39 is 6.92 Å². The zero-order valence-electron chi connectivity index (χ0n) is 7.68. The molecule has 0 saturated heterocycles. The summed E-state index contributed by atoms with van der Waals surface area (Å²) in [7, 11) is 0. The van der Waals surface area contributed by atoms with Gasteiger partial charge in [0, 0.05) is 5.75 Å². The zero-order valence-corrected chi connectivity index (χ0v) is 11.2. The lowest BCUT2D eigenvalue weighted by Crippen LogP contribution is -1.85. The third-order valence-corrected chi connectivity index (χ3v) is 5.98. The molecular weight excluding hydrogens is 251 g/mol. The highest BCUT2D eigenvalue weighted by Crippen LogP contribution is 2.30. The summed E-state index contributed by atoms with van der Waals surface area (Å²) in [6, 6.07) is 9.78. The van der Waals surface area contributed by atoms with Crippen LogP contribution < -0.4 is 4.52 Å². The van der Waals surface area contributed by atoms with Gasteiger partial charge >= 0.3 is 0 Å². The van der Waals surface area contributed by atoms with E-state index in [9.17, 15) is 0 Å². The zero-order chi connectivity index (χ0) is 10.2. The van der Waals surface area contributed by atoms with E-state index in [0.29, 0.717) is 0 Å². The molecule has 0 bridgehead atoms. The highest BCUT2D eigenvalue weighted by molar-refractivity contribution is 8.13. The smallest absolute Gasteiger partial charge is 0.123 e. The number of thioether (sulfide) groups is 1. The van der Waals surface area contributed by atoms with E-state index in [1.807, 2.05) is 42.1 Å². The third kappa shape index (κ3) is 5.30. The number of rotatable bonds is 6. The molecule has 0 aromatic heterocycles. The Morgan fingerprint density at radius 3 is 2.71 bits per heavy atom. The fraction of sp³-hybridized carbons (Fsp3) is 0.333. The summed E-state index contributed by atoms with van der Waals surface area (Å²) >= 11 is 11.2. The van der Waals surface area contributed by atoms with Crippen LogP contribution in [0.2, 0.25) is 0 Å². The number of hydrogen-bond acceptors (Lipinski definition) is 4. The summed E-state index contributed by atoms with van der Waals surface area (Å²) < 4.78 is 5.63. The van der Waals surface area contributed by atoms with Gasteiger partial charge in [-0.3, -0.25) is 0 Å². The van der Waals surface area contributed by atoms with Crippen molar-refractivity contribution in [2.75, 3.05) is 17.0 Å². The predicted molar refractivity (Wildman–Crippen MR) is 73.9 cm³/mol. The van der Waals surface area contributed by atoms with Crippen LogP contribution in [0.15, 0.2) is 30.3 Å². The van der Waals surface area contributed by atoms with Crippen LogP contribution in [0.1, 0.15) is 0 Å². The Bertz CT molecular complexity index is 279. The normalized spacial score (nSPS) is 12.4. The van der Waals surface area contributed by atoms with E-state index >= 15 is 0 Å². The number of benzene rings is 1.